The Hall–Kier alpha value is -1.10. The number of carbonyl (C=O) groups is 1. The van der Waals surface area contributed by atoms with Gasteiger partial charge in [0.25, 0.3) is 0 Å². The number of halogens is 1. The lowest BCUT2D eigenvalue weighted by Crippen LogP contribution is -2.49. The number of nitrogens with one attached hydrogen (secondary N) is 1. The molecule has 0 radical (unpaired) electrons. The highest BCUT2D eigenvalue weighted by atomic mass is 35.5. The van der Waals surface area contributed by atoms with Crippen LogP contribution in [-0.4, -0.2) is 62.0 Å². The molecule has 0 aliphatic carbocycles. The Morgan fingerprint density at radius 1 is 1.43 bits per heavy atom. The molecular formula is C16H24ClN3O. The number of benzene rings is 1. The van der Waals surface area contributed by atoms with E-state index in [-0.39, 0.29) is 5.91 Å². The Kier molecular flexibility index (Phi) is 6.03. The van der Waals surface area contributed by atoms with Crippen LogP contribution in [0.5, 0.6) is 0 Å². The van der Waals surface area contributed by atoms with Crippen LogP contribution in [0.4, 0.5) is 0 Å². The van der Waals surface area contributed by atoms with Crippen LogP contribution in [0.25, 0.3) is 0 Å². The van der Waals surface area contributed by atoms with E-state index in [0.717, 1.165) is 37.7 Å². The van der Waals surface area contributed by atoms with Crippen LogP contribution < -0.4 is 5.32 Å². The molecule has 1 aliphatic rings. The third-order valence-corrected chi connectivity index (χ3v) is 4.11. The van der Waals surface area contributed by atoms with Gasteiger partial charge in [0.1, 0.15) is 0 Å². The van der Waals surface area contributed by atoms with Gasteiger partial charge < -0.3 is 10.2 Å². The first-order valence-electron chi connectivity index (χ1n) is 7.49. The molecule has 5 heteroatoms. The maximum absolute atomic E-state index is 12.2. The number of hydrogen-bond donors (Lipinski definition) is 1. The number of hydrogen-bond acceptors (Lipinski definition) is 3. The van der Waals surface area contributed by atoms with E-state index < -0.39 is 0 Å². The fourth-order valence-electron chi connectivity index (χ4n) is 2.70. The summed E-state index contributed by atoms with van der Waals surface area (Å²) in [5, 5.41) is 4.02. The van der Waals surface area contributed by atoms with Crippen LogP contribution in [-0.2, 0) is 4.79 Å². The number of amides is 1. The summed E-state index contributed by atoms with van der Waals surface area (Å²) in [6, 6.07) is 7.94. The monoisotopic (exact) mass is 309 g/mol. The molecule has 116 valence electrons. The van der Waals surface area contributed by atoms with Crippen molar-refractivity contribution in [3.63, 3.8) is 0 Å². The van der Waals surface area contributed by atoms with Crippen molar-refractivity contribution in [2.75, 3.05) is 46.3 Å². The zero-order valence-corrected chi connectivity index (χ0v) is 13.6. The topological polar surface area (TPSA) is 35.6 Å². The van der Waals surface area contributed by atoms with Gasteiger partial charge in [0, 0.05) is 37.7 Å². The van der Waals surface area contributed by atoms with Gasteiger partial charge in [-0.25, -0.2) is 0 Å². The van der Waals surface area contributed by atoms with Crippen LogP contribution >= 0.6 is 11.6 Å². The highest BCUT2D eigenvalue weighted by Gasteiger charge is 2.18. The SMILES string of the molecule is CC(CN(C)CC(=O)N1CCNCC1)c1cccc(Cl)c1. The van der Waals surface area contributed by atoms with Crippen LogP contribution in [0.1, 0.15) is 18.4 Å². The van der Waals surface area contributed by atoms with Crippen molar-refractivity contribution in [1.82, 2.24) is 15.1 Å². The fourth-order valence-corrected chi connectivity index (χ4v) is 2.89. The summed E-state index contributed by atoms with van der Waals surface area (Å²) in [7, 11) is 2.00. The second-order valence-corrected chi connectivity index (χ2v) is 6.22. The van der Waals surface area contributed by atoms with Gasteiger partial charge in [0.15, 0.2) is 0 Å². The average molecular weight is 310 g/mol. The summed E-state index contributed by atoms with van der Waals surface area (Å²) in [5.74, 6) is 0.571. The van der Waals surface area contributed by atoms with E-state index in [0.29, 0.717) is 12.5 Å². The van der Waals surface area contributed by atoms with Gasteiger partial charge in [-0.05, 0) is 30.7 Å². The second kappa shape index (κ2) is 7.78. The van der Waals surface area contributed by atoms with Gasteiger partial charge in [-0.15, -0.1) is 0 Å². The highest BCUT2D eigenvalue weighted by molar-refractivity contribution is 6.30. The molecule has 1 atom stereocenters. The lowest BCUT2D eigenvalue weighted by molar-refractivity contribution is -0.132. The molecular weight excluding hydrogens is 286 g/mol. The van der Waals surface area contributed by atoms with Crippen molar-refractivity contribution in [2.45, 2.75) is 12.8 Å². The molecule has 1 fully saturated rings. The molecule has 1 aromatic carbocycles. The summed E-state index contributed by atoms with van der Waals surface area (Å²) in [6.45, 7) is 6.91. The first-order chi connectivity index (χ1) is 10.1. The van der Waals surface area contributed by atoms with Crippen molar-refractivity contribution in [1.29, 1.82) is 0 Å². The zero-order chi connectivity index (χ0) is 15.2. The minimum absolute atomic E-state index is 0.220. The number of nitrogens with zero attached hydrogens (tertiary/aromatic N) is 2. The summed E-state index contributed by atoms with van der Waals surface area (Å²) < 4.78 is 0. The molecule has 1 heterocycles. The third kappa shape index (κ3) is 4.99. The molecule has 1 unspecified atom stereocenters. The maximum Gasteiger partial charge on any atom is 0.236 e. The smallest absolute Gasteiger partial charge is 0.236 e. The maximum atomic E-state index is 12.2. The largest absolute Gasteiger partial charge is 0.339 e. The molecule has 21 heavy (non-hydrogen) atoms. The number of carbonyl (C=O) groups excluding carboxylic acids is 1. The molecule has 0 aromatic heterocycles. The van der Waals surface area contributed by atoms with Crippen molar-refractivity contribution in [3.8, 4) is 0 Å². The van der Waals surface area contributed by atoms with Crippen molar-refractivity contribution >= 4 is 17.5 Å². The molecule has 0 bridgehead atoms. The van der Waals surface area contributed by atoms with E-state index in [1.807, 2.05) is 30.1 Å². The summed E-state index contributed by atoms with van der Waals surface area (Å²) in [6.07, 6.45) is 0. The Morgan fingerprint density at radius 3 is 2.81 bits per heavy atom. The van der Waals surface area contributed by atoms with Crippen LogP contribution in [0.3, 0.4) is 0 Å². The van der Waals surface area contributed by atoms with Crippen molar-refractivity contribution in [3.05, 3.63) is 34.9 Å². The van der Waals surface area contributed by atoms with E-state index in [1.54, 1.807) is 0 Å². The fraction of sp³-hybridized carbons (Fsp3) is 0.562. The molecule has 1 N–H and O–H groups in total. The van der Waals surface area contributed by atoms with Gasteiger partial charge in [-0.2, -0.15) is 0 Å². The molecule has 2 rings (SSSR count). The molecule has 1 amide bonds. The Bertz CT molecular complexity index is 474. The highest BCUT2D eigenvalue weighted by Crippen LogP contribution is 2.19. The molecule has 1 saturated heterocycles. The Balaban J connectivity index is 1.83. The lowest BCUT2D eigenvalue weighted by atomic mass is 10.0. The first kappa shape index (κ1) is 16.3. The van der Waals surface area contributed by atoms with Gasteiger partial charge in [0.05, 0.1) is 6.54 Å². The zero-order valence-electron chi connectivity index (χ0n) is 12.8. The Morgan fingerprint density at radius 2 is 2.14 bits per heavy atom. The minimum Gasteiger partial charge on any atom is -0.339 e. The predicted molar refractivity (Wildman–Crippen MR) is 86.8 cm³/mol. The van der Waals surface area contributed by atoms with E-state index >= 15 is 0 Å². The number of likely N-dealkylation sites (N-methyl/N-ethyl adjacent to an activating group) is 1. The van der Waals surface area contributed by atoms with E-state index in [2.05, 4.69) is 23.2 Å². The molecule has 4 nitrogen and oxygen atoms in total. The lowest BCUT2D eigenvalue weighted by Gasteiger charge is -2.30. The standard InChI is InChI=1S/C16H24ClN3O/c1-13(14-4-3-5-15(17)10-14)11-19(2)12-16(21)20-8-6-18-7-9-20/h3-5,10,13,18H,6-9,11-12H2,1-2H3. The number of rotatable bonds is 5. The predicted octanol–water partition coefficient (Wildman–Crippen LogP) is 1.81. The summed E-state index contributed by atoms with van der Waals surface area (Å²) >= 11 is 6.03. The summed E-state index contributed by atoms with van der Waals surface area (Å²) in [5.41, 5.74) is 1.21. The third-order valence-electron chi connectivity index (χ3n) is 3.88. The molecule has 0 saturated carbocycles. The van der Waals surface area contributed by atoms with Crippen LogP contribution in [0.15, 0.2) is 24.3 Å². The van der Waals surface area contributed by atoms with Crippen LogP contribution in [0.2, 0.25) is 5.02 Å². The first-order valence-corrected chi connectivity index (χ1v) is 7.86. The summed E-state index contributed by atoms with van der Waals surface area (Å²) in [4.78, 5) is 16.3. The normalized spacial score (nSPS) is 17.0. The van der Waals surface area contributed by atoms with Gasteiger partial charge in [-0.3, -0.25) is 9.69 Å². The molecule has 1 aliphatic heterocycles. The van der Waals surface area contributed by atoms with Gasteiger partial charge in [0.2, 0.25) is 5.91 Å². The molecule has 0 spiro atoms. The second-order valence-electron chi connectivity index (χ2n) is 5.78. The quantitative estimate of drug-likeness (QED) is 0.901. The van der Waals surface area contributed by atoms with E-state index in [9.17, 15) is 4.79 Å². The van der Waals surface area contributed by atoms with E-state index in [4.69, 9.17) is 11.6 Å². The average Bonchev–Trinajstić information content (AvgIpc) is 2.48. The van der Waals surface area contributed by atoms with Crippen LogP contribution in [0, 0.1) is 0 Å². The van der Waals surface area contributed by atoms with E-state index in [1.165, 1.54) is 5.56 Å². The van der Waals surface area contributed by atoms with Crippen molar-refractivity contribution < 1.29 is 4.79 Å². The number of piperazine rings is 1. The van der Waals surface area contributed by atoms with Gasteiger partial charge in [-0.1, -0.05) is 30.7 Å². The van der Waals surface area contributed by atoms with Crippen molar-refractivity contribution in [2.24, 2.45) is 0 Å². The Labute approximate surface area is 132 Å². The minimum atomic E-state index is 0.220. The molecule has 1 aromatic rings. The van der Waals surface area contributed by atoms with Gasteiger partial charge >= 0.3 is 0 Å².